The van der Waals surface area contributed by atoms with Crippen molar-refractivity contribution < 1.29 is 99.5 Å². The average molecular weight is 1080 g/mol. The summed E-state index contributed by atoms with van der Waals surface area (Å²) in [7, 11) is 1.08. The fourth-order valence-electron chi connectivity index (χ4n) is 6.16. The number of hydrogen-bond acceptors (Lipinski definition) is 14. The van der Waals surface area contributed by atoms with Crippen molar-refractivity contribution in [2.24, 2.45) is 0 Å². The van der Waals surface area contributed by atoms with Crippen molar-refractivity contribution in [1.82, 2.24) is 45.5 Å². The molecule has 3 aromatic carbocycles. The number of aromatic nitrogens is 9. The Bertz CT molecular complexity index is 3290. The van der Waals surface area contributed by atoms with E-state index < -0.39 is 48.2 Å². The number of rotatable bonds is 5. The van der Waals surface area contributed by atoms with Gasteiger partial charge in [-0.2, -0.15) is 44.6 Å². The predicted octanol–water partition coefficient (Wildman–Crippen LogP) is 4.91. The van der Waals surface area contributed by atoms with Crippen molar-refractivity contribution in [3.63, 3.8) is 0 Å². The van der Waals surface area contributed by atoms with Gasteiger partial charge in [-0.05, 0) is 39.5 Å². The summed E-state index contributed by atoms with van der Waals surface area (Å²) in [5.41, 5.74) is -0.850. The van der Waals surface area contributed by atoms with Crippen LogP contribution in [0.1, 0.15) is 17.1 Å². The fraction of sp³-hybridized carbons (Fsp3) is 0.114. The van der Waals surface area contributed by atoms with Crippen LogP contribution in [0.2, 0.25) is 0 Å². The van der Waals surface area contributed by atoms with E-state index in [1.807, 2.05) is 35.4 Å². The maximum absolute atomic E-state index is 12.7. The minimum absolute atomic E-state index is 0. The molecule has 6 N–H and O–H groups in total. The van der Waals surface area contributed by atoms with Gasteiger partial charge in [-0.3, -0.25) is 24.8 Å². The summed E-state index contributed by atoms with van der Waals surface area (Å²) >= 11 is 2.89. The number of halogens is 10. The molecule has 6 heterocycles. The van der Waals surface area contributed by atoms with Crippen molar-refractivity contribution in [3.05, 3.63) is 160 Å². The number of fused-ring (bicyclic) bond motifs is 3. The van der Waals surface area contributed by atoms with Crippen LogP contribution in [0.4, 0.5) is 39.5 Å². The normalized spacial score (nSPS) is 10.9. The van der Waals surface area contributed by atoms with E-state index >= 15 is 0 Å². The first-order chi connectivity index (χ1) is 32.7. The van der Waals surface area contributed by atoms with Crippen LogP contribution in [0.15, 0.2) is 137 Å². The van der Waals surface area contributed by atoms with Crippen molar-refractivity contribution in [3.8, 4) is 34.0 Å². The van der Waals surface area contributed by atoms with E-state index in [1.165, 1.54) is 14.2 Å². The van der Waals surface area contributed by atoms with E-state index in [0.717, 1.165) is 28.3 Å². The molecule has 0 saturated heterocycles. The zero-order valence-corrected chi connectivity index (χ0v) is 40.7. The fourth-order valence-corrected chi connectivity index (χ4v) is 6.52. The second-order valence-corrected chi connectivity index (χ2v) is 14.5. The minimum atomic E-state index is -4.64. The number of hydrogen-bond donors (Lipinski definition) is 3. The largest absolute Gasteiger partial charge is 1.00 e. The molecule has 0 amide bonds. The number of nitrogens with zero attached hydrogens (tertiary/aromatic N) is 8. The second kappa shape index (κ2) is 25.6. The molecule has 9 aromatic rings. The third-order valence-electron chi connectivity index (χ3n) is 9.32. The van der Waals surface area contributed by atoms with Crippen molar-refractivity contribution in [2.45, 2.75) is 18.5 Å². The molecule has 6 aromatic heterocycles. The van der Waals surface area contributed by atoms with Crippen LogP contribution in [0.25, 0.3) is 55.2 Å². The molecular formula is C44H33BBrF9N9NaO7. The Morgan fingerprint density at radius 3 is 1.46 bits per heavy atom. The number of benzene rings is 3. The summed E-state index contributed by atoms with van der Waals surface area (Å²) in [6.45, 7) is 0. The molecule has 0 atom stereocenters. The number of nitrogens with one attached hydrogen (secondary N) is 1. The van der Waals surface area contributed by atoms with E-state index in [1.54, 1.807) is 79.3 Å². The third kappa shape index (κ3) is 14.7. The molecule has 28 heteroatoms. The third-order valence-corrected chi connectivity index (χ3v) is 9.87. The molecule has 0 aliphatic carbocycles. The Balaban J connectivity index is 0.000000257. The van der Waals surface area contributed by atoms with E-state index in [4.69, 9.17) is 14.8 Å². The van der Waals surface area contributed by atoms with Gasteiger partial charge in [0.25, 0.3) is 0 Å². The van der Waals surface area contributed by atoms with Crippen LogP contribution in [0, 0.1) is 0 Å². The van der Waals surface area contributed by atoms with Crippen LogP contribution >= 0.6 is 15.9 Å². The molecule has 0 unspecified atom stereocenters. The molecule has 0 aliphatic rings. The summed E-state index contributed by atoms with van der Waals surface area (Å²) in [5.74, 6) is 0.00260. The van der Waals surface area contributed by atoms with Crippen LogP contribution in [0.3, 0.4) is 0 Å². The van der Waals surface area contributed by atoms with Gasteiger partial charge in [0.05, 0.1) is 30.8 Å². The zero-order valence-electron chi connectivity index (χ0n) is 37.1. The Hall–Kier alpha value is -6.72. The molecule has 72 heavy (non-hydrogen) atoms. The summed E-state index contributed by atoms with van der Waals surface area (Å²) < 4.78 is 122. The van der Waals surface area contributed by atoms with Gasteiger partial charge in [-0.1, -0.05) is 72.8 Å². The van der Waals surface area contributed by atoms with Gasteiger partial charge in [0.1, 0.15) is 22.8 Å². The van der Waals surface area contributed by atoms with Crippen LogP contribution < -0.4 is 49.9 Å². The van der Waals surface area contributed by atoms with Gasteiger partial charge in [0, 0.05) is 64.2 Å². The molecule has 16 nitrogen and oxygen atoms in total. The summed E-state index contributed by atoms with van der Waals surface area (Å²) in [6, 6.07) is 28.7. The van der Waals surface area contributed by atoms with Crippen LogP contribution in [0.5, 0.6) is 11.5 Å². The van der Waals surface area contributed by atoms with Gasteiger partial charge in [0.2, 0.25) is 5.43 Å². The number of methoxy groups -OCH3 is 2. The molecule has 0 aliphatic heterocycles. The summed E-state index contributed by atoms with van der Waals surface area (Å²) in [5, 5.41) is 39.2. The number of H-pyrrole nitrogens is 1. The van der Waals surface area contributed by atoms with E-state index in [0.29, 0.717) is 39.2 Å². The second-order valence-electron chi connectivity index (χ2n) is 13.8. The molecule has 9 rings (SSSR count). The first-order valence-corrected chi connectivity index (χ1v) is 20.2. The van der Waals surface area contributed by atoms with Crippen LogP contribution in [-0.2, 0) is 18.5 Å². The Morgan fingerprint density at radius 1 is 0.569 bits per heavy atom. The van der Waals surface area contributed by atoms with Gasteiger partial charge in [-0.25, -0.2) is 0 Å². The zero-order chi connectivity index (χ0) is 50.1. The SMILES string of the molecule is COc1cc(C(F)(F)F)nnc1-c1cccc2cccnc12.COc1cc(C(F)(F)F)nnc1Br.O.O=c1cc(C(F)(F)F)[nH]nc1-c1cccc2cccnc12.OB(O)c1cccc2cccnc12.[Na+].[OH-]. The van der Waals surface area contributed by atoms with Gasteiger partial charge >= 0.3 is 55.2 Å². The Kier molecular flexibility index (Phi) is 21.2. The van der Waals surface area contributed by atoms with Gasteiger partial charge in [-0.15, -0.1) is 20.4 Å². The molecule has 370 valence electrons. The number of ether oxygens (including phenoxy) is 2. The summed E-state index contributed by atoms with van der Waals surface area (Å²) in [6.07, 6.45) is -8.92. The van der Waals surface area contributed by atoms with E-state index in [9.17, 15) is 44.3 Å². The first kappa shape index (κ1) is 59.6. The molecule has 0 bridgehead atoms. The molecule has 0 radical (unpaired) electrons. The van der Waals surface area contributed by atoms with Crippen molar-refractivity contribution in [1.29, 1.82) is 0 Å². The van der Waals surface area contributed by atoms with Gasteiger partial charge < -0.3 is 30.5 Å². The molecular weight excluding hydrogens is 1050 g/mol. The molecule has 0 fully saturated rings. The number of alkyl halides is 9. The molecule has 0 saturated carbocycles. The maximum Gasteiger partial charge on any atom is 1.00 e. The maximum atomic E-state index is 12.7. The van der Waals surface area contributed by atoms with Crippen LogP contribution in [-0.4, -0.2) is 87.9 Å². The quantitative estimate of drug-likeness (QED) is 0.153. The predicted molar refractivity (Wildman–Crippen MR) is 243 cm³/mol. The molecule has 0 spiro atoms. The number of pyridine rings is 3. The van der Waals surface area contributed by atoms with E-state index in [2.05, 4.69) is 61.1 Å². The standard InChI is InChI=1S/C15H10F3N3O.C14H8F3N3O.C9H8BNO2.C6H4BrF3N2O.Na.2H2O/c1-22-11-8-12(15(16,17)18)20-21-14(11)10-6-2-4-9-5-3-7-19-13(9)10;15-14(16,17)11-7-10(21)13(20-19-11)9-5-1-3-8-4-2-6-18-12(8)9;12-10(13)8-5-1-3-7-4-2-6-11-9(7)8;1-13-3-2-4(6(8,9)10)11-12-5(3)7;;;/h2-8H,1H3;1-7H,(H,19,21);1-6,12-13H;2H,1H3;;2*1H2/q;;;;+1;;/p-1. The number of aromatic amines is 1. The minimum Gasteiger partial charge on any atom is -0.870 e. The summed E-state index contributed by atoms with van der Waals surface area (Å²) in [4.78, 5) is 24.4. The van der Waals surface area contributed by atoms with Crippen molar-refractivity contribution >= 4 is 61.2 Å². The average Bonchev–Trinajstić information content (AvgIpc) is 3.33. The van der Waals surface area contributed by atoms with E-state index in [-0.39, 0.29) is 68.0 Å². The Morgan fingerprint density at radius 2 is 1.00 bits per heavy atom. The smallest absolute Gasteiger partial charge is 0.870 e. The Labute approximate surface area is 430 Å². The topological polar surface area (TPSA) is 256 Å². The monoisotopic (exact) mass is 1080 g/mol. The van der Waals surface area contributed by atoms with Crippen molar-refractivity contribution in [2.75, 3.05) is 14.2 Å². The number of para-hydroxylation sites is 3. The first-order valence-electron chi connectivity index (χ1n) is 19.4. The van der Waals surface area contributed by atoms with Gasteiger partial charge in [0.15, 0.2) is 21.7 Å².